The van der Waals surface area contributed by atoms with Crippen molar-refractivity contribution in [3.63, 3.8) is 0 Å². The second kappa shape index (κ2) is 12.9. The number of nitrogens with one attached hydrogen (secondary N) is 1. The maximum Gasteiger partial charge on any atom is 0.471 e. The van der Waals surface area contributed by atoms with Crippen LogP contribution in [0.2, 0.25) is 0 Å². The fraction of sp³-hybridized carbons (Fsp3) is 0.464. The largest absolute Gasteiger partial charge is 0.484 e. The van der Waals surface area contributed by atoms with Crippen LogP contribution in [0.4, 0.5) is 18.0 Å². The van der Waals surface area contributed by atoms with Crippen LogP contribution in [0.25, 0.3) is 0 Å². The summed E-state index contributed by atoms with van der Waals surface area (Å²) >= 11 is 3.31. The number of alkyl halides is 3. The number of nitrogens with zero attached hydrogens (tertiary/aromatic N) is 1. The number of hydrogen-bond donors (Lipinski definition) is 1. The van der Waals surface area contributed by atoms with Gasteiger partial charge in [-0.05, 0) is 82.5 Å². The first kappa shape index (κ1) is 31.3. The Kier molecular flexibility index (Phi) is 10.1. The number of piperidine rings is 1. The predicted octanol–water partition coefficient (Wildman–Crippen LogP) is 6.19. The molecule has 40 heavy (non-hydrogen) atoms. The van der Waals surface area contributed by atoms with E-state index in [4.69, 9.17) is 14.2 Å². The zero-order valence-corrected chi connectivity index (χ0v) is 24.2. The molecule has 2 aromatic carbocycles. The average Bonchev–Trinajstić information content (AvgIpc) is 2.86. The third kappa shape index (κ3) is 9.14. The van der Waals surface area contributed by atoms with E-state index in [9.17, 15) is 27.6 Å². The maximum absolute atomic E-state index is 12.8. The Labute approximate surface area is 239 Å². The van der Waals surface area contributed by atoms with Gasteiger partial charge in [-0.2, -0.15) is 13.2 Å². The zero-order valence-electron chi connectivity index (χ0n) is 22.6. The van der Waals surface area contributed by atoms with Gasteiger partial charge in [0.2, 0.25) is 0 Å². The molecule has 2 aromatic rings. The van der Waals surface area contributed by atoms with Crippen molar-refractivity contribution in [2.45, 2.75) is 70.6 Å². The van der Waals surface area contributed by atoms with Crippen LogP contribution in [0.3, 0.4) is 0 Å². The van der Waals surface area contributed by atoms with Crippen molar-refractivity contribution in [3.8, 4) is 5.75 Å². The quantitative estimate of drug-likeness (QED) is 0.367. The fourth-order valence-corrected chi connectivity index (χ4v) is 4.30. The minimum atomic E-state index is -5.04. The van der Waals surface area contributed by atoms with Gasteiger partial charge < -0.3 is 24.4 Å². The lowest BCUT2D eigenvalue weighted by Gasteiger charge is -2.33. The van der Waals surface area contributed by atoms with E-state index in [0.717, 1.165) is 4.47 Å². The lowest BCUT2D eigenvalue weighted by molar-refractivity contribution is -0.174. The van der Waals surface area contributed by atoms with Crippen LogP contribution in [0.1, 0.15) is 62.6 Å². The highest BCUT2D eigenvalue weighted by Crippen LogP contribution is 2.28. The molecule has 12 heteroatoms. The van der Waals surface area contributed by atoms with Gasteiger partial charge >= 0.3 is 24.1 Å². The van der Waals surface area contributed by atoms with Crippen LogP contribution in [0, 0.1) is 0 Å². The van der Waals surface area contributed by atoms with Gasteiger partial charge in [-0.25, -0.2) is 9.59 Å². The van der Waals surface area contributed by atoms with E-state index in [1.54, 1.807) is 45.0 Å². The van der Waals surface area contributed by atoms with Crippen LogP contribution in [-0.4, -0.2) is 59.9 Å². The number of carbonyl (C=O) groups is 3. The molecular weight excluding hydrogens is 597 g/mol. The minimum Gasteiger partial charge on any atom is -0.484 e. The van der Waals surface area contributed by atoms with Crippen LogP contribution in [0.5, 0.6) is 5.75 Å². The summed E-state index contributed by atoms with van der Waals surface area (Å²) in [5.41, 5.74) is 0.136. The molecule has 8 nitrogen and oxygen atoms in total. The van der Waals surface area contributed by atoms with Crippen LogP contribution >= 0.6 is 15.9 Å². The number of amides is 2. The summed E-state index contributed by atoms with van der Waals surface area (Å²) in [6.45, 7) is 7.47. The number of likely N-dealkylation sites (tertiary alicyclic amines) is 1. The van der Waals surface area contributed by atoms with Crippen molar-refractivity contribution in [3.05, 3.63) is 64.1 Å². The second-order valence-corrected chi connectivity index (χ2v) is 11.4. The second-order valence-electron chi connectivity index (χ2n) is 10.5. The molecular formula is C28H32BrF3N2O6. The highest BCUT2D eigenvalue weighted by Gasteiger charge is 2.40. The molecule has 1 N–H and O–H groups in total. The number of carbonyl (C=O) groups excluding carboxylic acids is 3. The molecule has 3 rings (SSSR count). The lowest BCUT2D eigenvalue weighted by Crippen LogP contribution is -2.45. The SMILES string of the molecule is C[C@H](NC(=O)C(F)(F)F)[C@H](Oc1ccc(C(=O)O[C@H]2CCCN(C(=O)OC(C)(C)C)C2)cc1)c1ccc(Br)cc1. The molecule has 1 aliphatic rings. The molecule has 1 saturated heterocycles. The highest BCUT2D eigenvalue weighted by molar-refractivity contribution is 9.10. The standard InChI is InChI=1S/C28H32BrF3N2O6/c1-17(33-25(36)28(30,31)32)23(18-7-11-20(29)12-8-18)38-21-13-9-19(10-14-21)24(35)39-22-6-5-15-34(16-22)26(37)40-27(2,3)4/h7-14,17,22-23H,5-6,15-16H2,1-4H3,(H,33,36)/t17-,22-,23-/m0/s1. The van der Waals surface area contributed by atoms with E-state index in [1.807, 2.05) is 5.32 Å². The first-order chi connectivity index (χ1) is 18.6. The summed E-state index contributed by atoms with van der Waals surface area (Å²) in [4.78, 5) is 38.2. The van der Waals surface area contributed by atoms with Crippen molar-refractivity contribution >= 4 is 33.9 Å². The van der Waals surface area contributed by atoms with Gasteiger partial charge in [0.25, 0.3) is 0 Å². The van der Waals surface area contributed by atoms with Crippen molar-refractivity contribution in [2.24, 2.45) is 0 Å². The first-order valence-electron chi connectivity index (χ1n) is 12.7. The number of benzene rings is 2. The van der Waals surface area contributed by atoms with Gasteiger partial charge in [0.1, 0.15) is 23.6 Å². The first-order valence-corrected chi connectivity index (χ1v) is 13.5. The van der Waals surface area contributed by atoms with Gasteiger partial charge in [-0.15, -0.1) is 0 Å². The van der Waals surface area contributed by atoms with E-state index in [2.05, 4.69) is 15.9 Å². The van der Waals surface area contributed by atoms with Crippen LogP contribution < -0.4 is 10.1 Å². The Bertz CT molecular complexity index is 1180. The minimum absolute atomic E-state index is 0.220. The van der Waals surface area contributed by atoms with E-state index in [1.165, 1.54) is 36.1 Å². The highest BCUT2D eigenvalue weighted by atomic mass is 79.9. The Morgan fingerprint density at radius 1 is 1.02 bits per heavy atom. The lowest BCUT2D eigenvalue weighted by atomic mass is 10.0. The zero-order chi connectivity index (χ0) is 29.7. The number of halogens is 4. The molecule has 1 fully saturated rings. The van der Waals surface area contributed by atoms with Crippen molar-refractivity contribution in [1.29, 1.82) is 0 Å². The molecule has 218 valence electrons. The fourth-order valence-electron chi connectivity index (χ4n) is 4.04. The van der Waals surface area contributed by atoms with Gasteiger partial charge in [0.15, 0.2) is 0 Å². The van der Waals surface area contributed by atoms with Gasteiger partial charge in [-0.3, -0.25) is 4.79 Å². The summed E-state index contributed by atoms with van der Waals surface area (Å²) in [5, 5.41) is 1.94. The van der Waals surface area contributed by atoms with E-state index < -0.39 is 48.0 Å². The van der Waals surface area contributed by atoms with E-state index >= 15 is 0 Å². The molecule has 0 saturated carbocycles. The summed E-state index contributed by atoms with van der Waals surface area (Å²) in [6, 6.07) is 11.6. The van der Waals surface area contributed by atoms with Crippen molar-refractivity contribution < 1.29 is 41.8 Å². The summed E-state index contributed by atoms with van der Waals surface area (Å²) in [5.74, 6) is -2.39. The predicted molar refractivity (Wildman–Crippen MR) is 144 cm³/mol. The third-order valence-electron chi connectivity index (χ3n) is 5.93. The van der Waals surface area contributed by atoms with Crippen LogP contribution in [0.15, 0.2) is 53.0 Å². The average molecular weight is 629 g/mol. The molecule has 0 unspecified atom stereocenters. The van der Waals surface area contributed by atoms with Gasteiger partial charge in [-0.1, -0.05) is 28.1 Å². The number of rotatable bonds is 7. The molecule has 0 radical (unpaired) electrons. The molecule has 1 aliphatic heterocycles. The maximum atomic E-state index is 12.8. The molecule has 0 aromatic heterocycles. The molecule has 3 atom stereocenters. The summed E-state index contributed by atoms with van der Waals surface area (Å²) < 4.78 is 56.3. The van der Waals surface area contributed by atoms with Crippen molar-refractivity contribution in [1.82, 2.24) is 10.2 Å². The molecule has 0 aliphatic carbocycles. The Hall–Kier alpha value is -3.28. The molecule has 2 amide bonds. The Balaban J connectivity index is 1.67. The number of esters is 1. The van der Waals surface area contributed by atoms with Crippen molar-refractivity contribution in [2.75, 3.05) is 13.1 Å². The van der Waals surface area contributed by atoms with Gasteiger partial charge in [0.05, 0.1) is 18.2 Å². The molecule has 1 heterocycles. The van der Waals surface area contributed by atoms with E-state index in [-0.39, 0.29) is 17.9 Å². The van der Waals surface area contributed by atoms with Crippen LogP contribution in [-0.2, 0) is 14.3 Å². The topological polar surface area (TPSA) is 94.2 Å². The third-order valence-corrected chi connectivity index (χ3v) is 6.45. The molecule has 0 spiro atoms. The Morgan fingerprint density at radius 3 is 2.23 bits per heavy atom. The Morgan fingerprint density at radius 2 is 1.65 bits per heavy atom. The number of hydrogen-bond acceptors (Lipinski definition) is 6. The molecule has 0 bridgehead atoms. The monoisotopic (exact) mass is 628 g/mol. The van der Waals surface area contributed by atoms with E-state index in [0.29, 0.717) is 24.9 Å². The summed E-state index contributed by atoms with van der Waals surface area (Å²) in [7, 11) is 0. The number of ether oxygens (including phenoxy) is 3. The smallest absolute Gasteiger partial charge is 0.471 e. The van der Waals surface area contributed by atoms with Gasteiger partial charge in [0, 0.05) is 11.0 Å². The normalized spacial score (nSPS) is 17.4. The summed E-state index contributed by atoms with van der Waals surface area (Å²) in [6.07, 6.45) is -5.70.